The van der Waals surface area contributed by atoms with Crippen LogP contribution in [0.1, 0.15) is 32.0 Å². The molecule has 2 N–H and O–H groups in total. The van der Waals surface area contributed by atoms with Crippen LogP contribution in [0.25, 0.3) is 0 Å². The smallest absolute Gasteiger partial charge is 0.244 e. The Kier molecular flexibility index (Phi) is 3.98. The zero-order valence-electron chi connectivity index (χ0n) is 11.6. The molecule has 2 aliphatic heterocycles. The number of nitrogens with zero attached hydrogens (tertiary/aromatic N) is 3. The molecule has 0 aliphatic carbocycles. The van der Waals surface area contributed by atoms with Crippen molar-refractivity contribution >= 4 is 5.95 Å². The first-order valence-corrected chi connectivity index (χ1v) is 7.32. The number of rotatable bonds is 3. The molecule has 106 valence electrons. The number of anilines is 1. The van der Waals surface area contributed by atoms with Gasteiger partial charge in [0.25, 0.3) is 0 Å². The molecule has 1 unspecified atom stereocenters. The predicted octanol–water partition coefficient (Wildman–Crippen LogP) is 0.714. The Labute approximate surface area is 113 Å². The first-order chi connectivity index (χ1) is 9.31. The average molecular weight is 265 g/mol. The lowest BCUT2D eigenvalue weighted by molar-refractivity contribution is 0.0157. The summed E-state index contributed by atoms with van der Waals surface area (Å²) in [4.78, 5) is 6.85. The Morgan fingerprint density at radius 3 is 3.16 bits per heavy atom. The monoisotopic (exact) mass is 265 g/mol. The molecular formula is C13H23N5O. The number of H-pyrrole nitrogens is 1. The Morgan fingerprint density at radius 2 is 2.37 bits per heavy atom. The number of hydrogen-bond donors (Lipinski definition) is 2. The number of piperazine rings is 1. The standard InChI is InChI=1S/C13H23N5O/c1-10-9-18(6-5-14-10)13-15-12(16-17-13)8-11-4-2-3-7-19-11/h10-11,14H,2-9H2,1H3,(H,15,16,17)/t10-,11?/m0/s1. The third-order valence-electron chi connectivity index (χ3n) is 3.87. The van der Waals surface area contributed by atoms with Crippen molar-refractivity contribution in [2.24, 2.45) is 0 Å². The van der Waals surface area contributed by atoms with Crippen LogP contribution in [0.3, 0.4) is 0 Å². The second-order valence-electron chi connectivity index (χ2n) is 5.58. The van der Waals surface area contributed by atoms with E-state index >= 15 is 0 Å². The van der Waals surface area contributed by atoms with Crippen molar-refractivity contribution in [3.05, 3.63) is 5.82 Å². The molecule has 2 fully saturated rings. The van der Waals surface area contributed by atoms with Gasteiger partial charge in [-0.25, -0.2) is 0 Å². The summed E-state index contributed by atoms with van der Waals surface area (Å²) >= 11 is 0. The van der Waals surface area contributed by atoms with E-state index in [1.165, 1.54) is 12.8 Å². The van der Waals surface area contributed by atoms with Crippen molar-refractivity contribution < 1.29 is 4.74 Å². The van der Waals surface area contributed by atoms with Gasteiger partial charge >= 0.3 is 0 Å². The Hall–Kier alpha value is -1.14. The summed E-state index contributed by atoms with van der Waals surface area (Å²) in [6.45, 7) is 6.02. The fraction of sp³-hybridized carbons (Fsp3) is 0.846. The Morgan fingerprint density at radius 1 is 1.42 bits per heavy atom. The number of aromatic amines is 1. The van der Waals surface area contributed by atoms with E-state index in [-0.39, 0.29) is 0 Å². The molecule has 0 bridgehead atoms. The summed E-state index contributed by atoms with van der Waals surface area (Å²) in [6, 6.07) is 0.498. The number of hydrogen-bond acceptors (Lipinski definition) is 5. The maximum absolute atomic E-state index is 5.74. The molecule has 0 amide bonds. The third-order valence-corrected chi connectivity index (χ3v) is 3.87. The van der Waals surface area contributed by atoms with E-state index in [0.29, 0.717) is 12.1 Å². The van der Waals surface area contributed by atoms with Crippen LogP contribution in [-0.4, -0.2) is 53.6 Å². The van der Waals surface area contributed by atoms with Gasteiger partial charge in [0.2, 0.25) is 5.95 Å². The summed E-state index contributed by atoms with van der Waals surface area (Å²) in [5, 5.41) is 10.8. The topological polar surface area (TPSA) is 66.1 Å². The summed E-state index contributed by atoms with van der Waals surface area (Å²) in [7, 11) is 0. The molecule has 1 aromatic heterocycles. The minimum absolute atomic E-state index is 0.316. The van der Waals surface area contributed by atoms with Crippen molar-refractivity contribution in [2.45, 2.75) is 44.8 Å². The quantitative estimate of drug-likeness (QED) is 0.843. The minimum atomic E-state index is 0.316. The van der Waals surface area contributed by atoms with Gasteiger partial charge in [0.05, 0.1) is 6.10 Å². The van der Waals surface area contributed by atoms with Gasteiger partial charge in [-0.15, -0.1) is 5.10 Å². The van der Waals surface area contributed by atoms with Crippen LogP contribution in [0.15, 0.2) is 0 Å². The molecule has 0 aromatic carbocycles. The van der Waals surface area contributed by atoms with E-state index < -0.39 is 0 Å². The summed E-state index contributed by atoms with van der Waals surface area (Å²) < 4.78 is 5.74. The summed E-state index contributed by atoms with van der Waals surface area (Å²) in [5.74, 6) is 1.78. The number of aromatic nitrogens is 3. The molecular weight excluding hydrogens is 242 g/mol. The van der Waals surface area contributed by atoms with Gasteiger partial charge in [0.1, 0.15) is 5.82 Å². The molecule has 0 saturated carbocycles. The maximum atomic E-state index is 5.74. The maximum Gasteiger partial charge on any atom is 0.244 e. The first-order valence-electron chi connectivity index (χ1n) is 7.32. The highest BCUT2D eigenvalue weighted by atomic mass is 16.5. The molecule has 2 atom stereocenters. The first kappa shape index (κ1) is 12.9. The molecule has 3 heterocycles. The highest BCUT2D eigenvalue weighted by molar-refractivity contribution is 5.30. The second-order valence-corrected chi connectivity index (χ2v) is 5.58. The van der Waals surface area contributed by atoms with E-state index in [1.54, 1.807) is 0 Å². The van der Waals surface area contributed by atoms with E-state index in [4.69, 9.17) is 4.74 Å². The van der Waals surface area contributed by atoms with Gasteiger partial charge in [-0.05, 0) is 26.2 Å². The van der Waals surface area contributed by atoms with E-state index in [2.05, 4.69) is 32.3 Å². The highest BCUT2D eigenvalue weighted by Crippen LogP contribution is 2.17. The van der Waals surface area contributed by atoms with E-state index in [9.17, 15) is 0 Å². The molecule has 0 radical (unpaired) electrons. The van der Waals surface area contributed by atoms with E-state index in [0.717, 1.165) is 50.9 Å². The summed E-state index contributed by atoms with van der Waals surface area (Å²) in [5.41, 5.74) is 0. The Bertz CT molecular complexity index is 401. The normalized spacial score (nSPS) is 28.6. The van der Waals surface area contributed by atoms with Gasteiger partial charge in [0.15, 0.2) is 0 Å². The SMILES string of the molecule is C[C@H]1CN(c2n[nH]c(CC3CCCCO3)n2)CCN1. The molecule has 19 heavy (non-hydrogen) atoms. The highest BCUT2D eigenvalue weighted by Gasteiger charge is 2.21. The van der Waals surface area contributed by atoms with Gasteiger partial charge in [-0.1, -0.05) is 0 Å². The van der Waals surface area contributed by atoms with Gasteiger partial charge < -0.3 is 15.0 Å². The lowest BCUT2D eigenvalue weighted by Gasteiger charge is -2.30. The molecule has 0 spiro atoms. The van der Waals surface area contributed by atoms with Gasteiger partial charge in [0, 0.05) is 38.7 Å². The fourth-order valence-electron chi connectivity index (χ4n) is 2.82. The van der Waals surface area contributed by atoms with Crippen molar-refractivity contribution in [1.29, 1.82) is 0 Å². The number of ether oxygens (including phenoxy) is 1. The van der Waals surface area contributed by atoms with Crippen LogP contribution < -0.4 is 10.2 Å². The van der Waals surface area contributed by atoms with Gasteiger partial charge in [-0.2, -0.15) is 4.98 Å². The van der Waals surface area contributed by atoms with Crippen LogP contribution in [0.5, 0.6) is 0 Å². The lowest BCUT2D eigenvalue weighted by Crippen LogP contribution is -2.49. The minimum Gasteiger partial charge on any atom is -0.378 e. The molecule has 2 saturated heterocycles. The predicted molar refractivity (Wildman–Crippen MR) is 73.4 cm³/mol. The van der Waals surface area contributed by atoms with Crippen molar-refractivity contribution in [3.8, 4) is 0 Å². The van der Waals surface area contributed by atoms with Crippen LogP contribution in [0.4, 0.5) is 5.95 Å². The molecule has 1 aromatic rings. The second kappa shape index (κ2) is 5.88. The van der Waals surface area contributed by atoms with Crippen molar-refractivity contribution in [2.75, 3.05) is 31.1 Å². The zero-order chi connectivity index (χ0) is 13.1. The average Bonchev–Trinajstić information content (AvgIpc) is 2.88. The van der Waals surface area contributed by atoms with Crippen LogP contribution >= 0.6 is 0 Å². The third kappa shape index (κ3) is 3.25. The lowest BCUT2D eigenvalue weighted by atomic mass is 10.1. The summed E-state index contributed by atoms with van der Waals surface area (Å²) in [6.07, 6.45) is 4.77. The fourth-order valence-corrected chi connectivity index (χ4v) is 2.82. The molecule has 6 heteroatoms. The zero-order valence-corrected chi connectivity index (χ0v) is 11.6. The molecule has 2 aliphatic rings. The number of nitrogens with one attached hydrogen (secondary N) is 2. The van der Waals surface area contributed by atoms with Crippen LogP contribution in [0, 0.1) is 0 Å². The van der Waals surface area contributed by atoms with Crippen molar-refractivity contribution in [1.82, 2.24) is 20.5 Å². The van der Waals surface area contributed by atoms with Crippen LogP contribution in [-0.2, 0) is 11.2 Å². The van der Waals surface area contributed by atoms with Gasteiger partial charge in [-0.3, -0.25) is 5.10 Å². The molecule has 3 rings (SSSR count). The Balaban J connectivity index is 1.59. The largest absolute Gasteiger partial charge is 0.378 e. The molecule has 6 nitrogen and oxygen atoms in total. The van der Waals surface area contributed by atoms with Crippen molar-refractivity contribution in [3.63, 3.8) is 0 Å². The van der Waals surface area contributed by atoms with E-state index in [1.807, 2.05) is 0 Å². The van der Waals surface area contributed by atoms with Crippen LogP contribution in [0.2, 0.25) is 0 Å².